The summed E-state index contributed by atoms with van der Waals surface area (Å²) in [5.74, 6) is 0.609. The molecule has 1 atom stereocenters. The van der Waals surface area contributed by atoms with Gasteiger partial charge in [0.1, 0.15) is 0 Å². The van der Waals surface area contributed by atoms with E-state index in [4.69, 9.17) is 15.1 Å². The molecule has 1 fully saturated rings. The fourth-order valence-electron chi connectivity index (χ4n) is 5.81. The number of benzene rings is 3. The minimum Gasteiger partial charge on any atom is -0.383 e. The summed E-state index contributed by atoms with van der Waals surface area (Å²) in [6.07, 6.45) is 4.38. The first-order chi connectivity index (χ1) is 20.9. The second kappa shape index (κ2) is 13.7. The molecule has 2 amide bonds. The average Bonchev–Trinajstić information content (AvgIpc) is 3.45. The highest BCUT2D eigenvalue weighted by atomic mass is 16.5. The number of piperidine rings is 1. The molecule has 43 heavy (non-hydrogen) atoms. The van der Waals surface area contributed by atoms with E-state index in [1.807, 2.05) is 59.1 Å². The lowest BCUT2D eigenvalue weighted by Gasteiger charge is -2.32. The number of aromatic nitrogens is 2. The van der Waals surface area contributed by atoms with Crippen LogP contribution in [0.3, 0.4) is 0 Å². The maximum absolute atomic E-state index is 13.3. The fraction of sp³-hybridized carbons (Fsp3) is 0.371. The predicted octanol–water partition coefficient (Wildman–Crippen LogP) is 5.96. The van der Waals surface area contributed by atoms with E-state index in [0.29, 0.717) is 36.6 Å². The number of nitrogens with one attached hydrogen (secondary N) is 1. The molecule has 8 heteroatoms. The molecular weight excluding hydrogens is 538 g/mol. The van der Waals surface area contributed by atoms with Crippen molar-refractivity contribution in [2.75, 3.05) is 33.4 Å². The number of nitrogens with zero attached hydrogens (tertiary/aromatic N) is 4. The van der Waals surface area contributed by atoms with E-state index in [1.165, 1.54) is 0 Å². The highest BCUT2D eigenvalue weighted by Gasteiger charge is 2.24. The van der Waals surface area contributed by atoms with Gasteiger partial charge in [-0.2, -0.15) is 10.4 Å². The van der Waals surface area contributed by atoms with E-state index >= 15 is 0 Å². The standard InChI is InChI=1S/C35H39N5O3/c1-24(14-17-36)27-4-6-28(7-5-27)29-8-10-30(11-9-29)35(42)39-19-15-26(16-20-39)22-40-23-32-25(2)31(12-13-33(32)38-40)34(41)37-18-21-43-3/h4-13,23-24,26H,14-16,18-22H2,1-3H3,(H,37,41). The van der Waals surface area contributed by atoms with Gasteiger partial charge < -0.3 is 15.0 Å². The maximum Gasteiger partial charge on any atom is 0.253 e. The topological polar surface area (TPSA) is 100 Å². The van der Waals surface area contributed by atoms with Gasteiger partial charge in [-0.05, 0) is 78.1 Å². The number of ether oxygens (including phenoxy) is 1. The van der Waals surface area contributed by atoms with E-state index in [9.17, 15) is 9.59 Å². The Morgan fingerprint density at radius 1 is 1.05 bits per heavy atom. The predicted molar refractivity (Wildman–Crippen MR) is 168 cm³/mol. The lowest BCUT2D eigenvalue weighted by Crippen LogP contribution is -2.39. The SMILES string of the molecule is COCCNC(=O)c1ccc2nn(CC3CCN(C(=O)c4ccc(-c5ccc(C(C)CC#N)cc5)cc4)CC3)cc2c1C. The summed E-state index contributed by atoms with van der Waals surface area (Å²) >= 11 is 0. The molecule has 0 saturated carbocycles. The third-order valence-corrected chi connectivity index (χ3v) is 8.53. The van der Waals surface area contributed by atoms with Gasteiger partial charge in [0.05, 0.1) is 18.2 Å². The normalized spacial score (nSPS) is 14.4. The number of methoxy groups -OCH3 is 1. The molecule has 1 aliphatic heterocycles. The Balaban J connectivity index is 1.15. The number of amides is 2. The zero-order chi connectivity index (χ0) is 30.3. The largest absolute Gasteiger partial charge is 0.383 e. The first-order valence-electron chi connectivity index (χ1n) is 15.0. The van der Waals surface area contributed by atoms with E-state index in [2.05, 4.69) is 42.6 Å². The summed E-state index contributed by atoms with van der Waals surface area (Å²) in [4.78, 5) is 27.8. The van der Waals surface area contributed by atoms with Crippen molar-refractivity contribution in [3.8, 4) is 17.2 Å². The van der Waals surface area contributed by atoms with Crippen molar-refractivity contribution in [3.63, 3.8) is 0 Å². The molecule has 5 rings (SSSR count). The lowest BCUT2D eigenvalue weighted by molar-refractivity contribution is 0.0681. The molecule has 0 radical (unpaired) electrons. The number of hydrogen-bond acceptors (Lipinski definition) is 5. The maximum atomic E-state index is 13.3. The number of aryl methyl sites for hydroxylation is 1. The smallest absolute Gasteiger partial charge is 0.253 e. The second-order valence-electron chi connectivity index (χ2n) is 11.5. The van der Waals surface area contributed by atoms with Crippen LogP contribution < -0.4 is 5.32 Å². The highest BCUT2D eigenvalue weighted by Crippen LogP contribution is 2.27. The van der Waals surface area contributed by atoms with Crippen LogP contribution in [0.15, 0.2) is 66.9 Å². The molecule has 222 valence electrons. The van der Waals surface area contributed by atoms with Crippen molar-refractivity contribution in [2.24, 2.45) is 5.92 Å². The number of carbonyl (C=O) groups is 2. The number of fused-ring (bicyclic) bond motifs is 1. The van der Waals surface area contributed by atoms with Crippen molar-refractivity contribution in [1.29, 1.82) is 5.26 Å². The van der Waals surface area contributed by atoms with Crippen molar-refractivity contribution < 1.29 is 14.3 Å². The number of carbonyl (C=O) groups excluding carboxylic acids is 2. The zero-order valence-corrected chi connectivity index (χ0v) is 25.2. The van der Waals surface area contributed by atoms with Crippen LogP contribution in [0.1, 0.15) is 63.9 Å². The van der Waals surface area contributed by atoms with Gasteiger partial charge >= 0.3 is 0 Å². The molecular formula is C35H39N5O3. The van der Waals surface area contributed by atoms with Crippen LogP contribution in [0.25, 0.3) is 22.0 Å². The fourth-order valence-corrected chi connectivity index (χ4v) is 5.81. The Labute approximate surface area is 253 Å². The molecule has 2 heterocycles. The van der Waals surface area contributed by atoms with Crippen molar-refractivity contribution in [2.45, 2.75) is 45.6 Å². The van der Waals surface area contributed by atoms with Gasteiger partial charge in [-0.3, -0.25) is 14.3 Å². The first kappa shape index (κ1) is 30.0. The monoisotopic (exact) mass is 577 g/mol. The number of rotatable bonds is 10. The molecule has 1 aliphatic rings. The first-order valence-corrected chi connectivity index (χ1v) is 15.0. The average molecular weight is 578 g/mol. The van der Waals surface area contributed by atoms with Crippen molar-refractivity contribution in [3.05, 3.63) is 89.1 Å². The summed E-state index contributed by atoms with van der Waals surface area (Å²) in [5, 5.41) is 17.6. The van der Waals surface area contributed by atoms with Gasteiger partial charge in [0.2, 0.25) is 0 Å². The second-order valence-corrected chi connectivity index (χ2v) is 11.5. The summed E-state index contributed by atoms with van der Waals surface area (Å²) in [6.45, 7) is 7.20. The van der Waals surface area contributed by atoms with Crippen LogP contribution in [0, 0.1) is 24.2 Å². The number of hydrogen-bond donors (Lipinski definition) is 1. The summed E-state index contributed by atoms with van der Waals surface area (Å²) < 4.78 is 7.01. The molecule has 8 nitrogen and oxygen atoms in total. The Hall–Kier alpha value is -4.48. The molecule has 1 aromatic heterocycles. The van der Waals surface area contributed by atoms with Gasteiger partial charge in [0.15, 0.2) is 0 Å². The van der Waals surface area contributed by atoms with Crippen LogP contribution in [0.4, 0.5) is 0 Å². The van der Waals surface area contributed by atoms with E-state index in [-0.39, 0.29) is 17.7 Å². The van der Waals surface area contributed by atoms with Gasteiger partial charge in [0, 0.05) is 62.4 Å². The summed E-state index contributed by atoms with van der Waals surface area (Å²) in [7, 11) is 1.61. The van der Waals surface area contributed by atoms with Crippen LogP contribution in [-0.2, 0) is 11.3 Å². The minimum atomic E-state index is -0.104. The quantitative estimate of drug-likeness (QED) is 0.235. The molecule has 0 bridgehead atoms. The third kappa shape index (κ3) is 6.95. The molecule has 4 aromatic rings. The minimum absolute atomic E-state index is 0.0717. The molecule has 3 aromatic carbocycles. The highest BCUT2D eigenvalue weighted by molar-refractivity contribution is 6.00. The Kier molecular flexibility index (Phi) is 9.53. The number of likely N-dealkylation sites (tertiary alicyclic amines) is 1. The van der Waals surface area contributed by atoms with Crippen LogP contribution in [0.2, 0.25) is 0 Å². The summed E-state index contributed by atoms with van der Waals surface area (Å²) in [6, 6.07) is 22.1. The van der Waals surface area contributed by atoms with E-state index < -0.39 is 0 Å². The van der Waals surface area contributed by atoms with Gasteiger partial charge in [-0.25, -0.2) is 0 Å². The van der Waals surface area contributed by atoms with Crippen molar-refractivity contribution >= 4 is 22.7 Å². The molecule has 0 aliphatic carbocycles. The van der Waals surface area contributed by atoms with Crippen LogP contribution >= 0.6 is 0 Å². The van der Waals surface area contributed by atoms with Crippen molar-refractivity contribution in [1.82, 2.24) is 20.0 Å². The Bertz CT molecular complexity index is 1610. The Morgan fingerprint density at radius 2 is 1.72 bits per heavy atom. The van der Waals surface area contributed by atoms with E-state index in [1.54, 1.807) is 7.11 Å². The Morgan fingerprint density at radius 3 is 2.37 bits per heavy atom. The molecule has 1 saturated heterocycles. The molecule has 1 unspecified atom stereocenters. The van der Waals surface area contributed by atoms with Crippen LogP contribution in [0.5, 0.6) is 0 Å². The van der Waals surface area contributed by atoms with Gasteiger partial charge in [-0.1, -0.05) is 43.3 Å². The van der Waals surface area contributed by atoms with Crippen LogP contribution in [-0.4, -0.2) is 59.8 Å². The number of nitriles is 1. The lowest BCUT2D eigenvalue weighted by atomic mass is 9.95. The van der Waals surface area contributed by atoms with Gasteiger partial charge in [0.25, 0.3) is 11.8 Å². The molecule has 1 N–H and O–H groups in total. The van der Waals surface area contributed by atoms with Gasteiger partial charge in [-0.15, -0.1) is 0 Å². The summed E-state index contributed by atoms with van der Waals surface area (Å²) in [5.41, 5.74) is 6.48. The zero-order valence-electron chi connectivity index (χ0n) is 25.2. The third-order valence-electron chi connectivity index (χ3n) is 8.53. The molecule has 0 spiro atoms. The van der Waals surface area contributed by atoms with E-state index in [0.717, 1.165) is 65.6 Å².